The number of nitrogens with one attached hydrogen (secondary N) is 1. The molecule has 0 radical (unpaired) electrons. The average Bonchev–Trinajstić information content (AvgIpc) is 3.02. The number of anilines is 4. The Bertz CT molecular complexity index is 989. The zero-order valence-electron chi connectivity index (χ0n) is 13.2. The van der Waals surface area contributed by atoms with Crippen molar-refractivity contribution >= 4 is 44.7 Å². The van der Waals surface area contributed by atoms with Crippen LogP contribution in [-0.4, -0.2) is 6.03 Å². The maximum absolute atomic E-state index is 13.4. The third-order valence-corrected chi connectivity index (χ3v) is 5.15. The van der Waals surface area contributed by atoms with Crippen molar-refractivity contribution in [2.24, 2.45) is 0 Å². The van der Waals surface area contributed by atoms with Gasteiger partial charge in [0, 0.05) is 10.0 Å². The number of nitrogens with zero attached hydrogens (tertiary/aromatic N) is 2. The van der Waals surface area contributed by atoms with Gasteiger partial charge in [-0.15, -0.1) is 0 Å². The molecule has 4 nitrogen and oxygen atoms in total. The van der Waals surface area contributed by atoms with E-state index in [4.69, 9.17) is 0 Å². The normalized spacial score (nSPS) is 17.6. The standard InChI is InChI=1S/C20H14BrN3O/c21-13-10-11-15-18(12-13)23(14-6-2-1-3-7-14)20(25)24-17-9-5-4-8-16(17)22-19(15)24/h1-12,19,22H. The van der Waals surface area contributed by atoms with Gasteiger partial charge in [-0.05, 0) is 36.4 Å². The van der Waals surface area contributed by atoms with Gasteiger partial charge in [0.1, 0.15) is 6.17 Å². The molecule has 2 aliphatic rings. The van der Waals surface area contributed by atoms with Gasteiger partial charge in [0.2, 0.25) is 0 Å². The van der Waals surface area contributed by atoms with Crippen LogP contribution in [0.2, 0.25) is 0 Å². The van der Waals surface area contributed by atoms with Crippen LogP contribution in [0.5, 0.6) is 0 Å². The van der Waals surface area contributed by atoms with E-state index < -0.39 is 0 Å². The quantitative estimate of drug-likeness (QED) is 0.581. The van der Waals surface area contributed by atoms with E-state index in [1.54, 1.807) is 4.90 Å². The summed E-state index contributed by atoms with van der Waals surface area (Å²) in [5.41, 5.74) is 4.71. The number of fused-ring (bicyclic) bond motifs is 5. The highest BCUT2D eigenvalue weighted by molar-refractivity contribution is 9.10. The number of para-hydroxylation sites is 3. The fourth-order valence-electron chi connectivity index (χ4n) is 3.57. The average molecular weight is 392 g/mol. The van der Waals surface area contributed by atoms with Gasteiger partial charge in [0.25, 0.3) is 0 Å². The van der Waals surface area contributed by atoms with Gasteiger partial charge in [-0.25, -0.2) is 4.79 Å². The molecule has 0 saturated heterocycles. The lowest BCUT2D eigenvalue weighted by Gasteiger charge is -2.39. The van der Waals surface area contributed by atoms with E-state index in [-0.39, 0.29) is 12.2 Å². The molecule has 122 valence electrons. The molecule has 0 aliphatic carbocycles. The van der Waals surface area contributed by atoms with Gasteiger partial charge in [0.15, 0.2) is 0 Å². The lowest BCUT2D eigenvalue weighted by molar-refractivity contribution is 0.251. The molecule has 25 heavy (non-hydrogen) atoms. The van der Waals surface area contributed by atoms with Crippen molar-refractivity contribution in [3.63, 3.8) is 0 Å². The first-order valence-corrected chi connectivity index (χ1v) is 8.87. The summed E-state index contributed by atoms with van der Waals surface area (Å²) in [5.74, 6) is 0. The highest BCUT2D eigenvalue weighted by atomic mass is 79.9. The molecule has 5 heteroatoms. The van der Waals surface area contributed by atoms with Gasteiger partial charge >= 0.3 is 6.03 Å². The van der Waals surface area contributed by atoms with Crippen molar-refractivity contribution in [2.75, 3.05) is 15.1 Å². The van der Waals surface area contributed by atoms with E-state index in [9.17, 15) is 4.79 Å². The summed E-state index contributed by atoms with van der Waals surface area (Å²) in [6, 6.07) is 23.7. The number of hydrogen-bond donors (Lipinski definition) is 1. The summed E-state index contributed by atoms with van der Waals surface area (Å²) in [4.78, 5) is 17.1. The maximum atomic E-state index is 13.4. The summed E-state index contributed by atoms with van der Waals surface area (Å²) in [6.45, 7) is 0. The second kappa shape index (κ2) is 5.36. The Morgan fingerprint density at radius 3 is 2.48 bits per heavy atom. The largest absolute Gasteiger partial charge is 0.359 e. The van der Waals surface area contributed by atoms with E-state index in [1.807, 2.05) is 71.6 Å². The number of carbonyl (C=O) groups is 1. The van der Waals surface area contributed by atoms with Crippen LogP contribution in [0.25, 0.3) is 0 Å². The number of rotatable bonds is 1. The second-order valence-corrected chi connectivity index (χ2v) is 7.01. The molecule has 1 unspecified atom stereocenters. The molecule has 1 atom stereocenters. The van der Waals surface area contributed by atoms with Gasteiger partial charge in [-0.3, -0.25) is 9.80 Å². The van der Waals surface area contributed by atoms with Gasteiger partial charge < -0.3 is 5.32 Å². The van der Waals surface area contributed by atoms with Crippen molar-refractivity contribution in [2.45, 2.75) is 6.17 Å². The Labute approximate surface area is 153 Å². The molecule has 3 aromatic carbocycles. The van der Waals surface area contributed by atoms with Crippen molar-refractivity contribution < 1.29 is 4.79 Å². The number of benzene rings is 3. The maximum Gasteiger partial charge on any atom is 0.335 e. The van der Waals surface area contributed by atoms with Crippen LogP contribution in [0.4, 0.5) is 27.5 Å². The molecule has 0 spiro atoms. The van der Waals surface area contributed by atoms with Crippen LogP contribution < -0.4 is 15.1 Å². The Hall–Kier alpha value is -2.79. The second-order valence-electron chi connectivity index (χ2n) is 6.09. The SMILES string of the molecule is O=C1N(c2ccccc2)c2cc(Br)ccc2C2Nc3ccccc3N12. The first-order valence-electron chi connectivity index (χ1n) is 8.07. The molecule has 0 fully saturated rings. The highest BCUT2D eigenvalue weighted by Gasteiger charge is 2.43. The fraction of sp³-hybridized carbons (Fsp3) is 0.0500. The molecule has 2 aliphatic heterocycles. The van der Waals surface area contributed by atoms with Gasteiger partial charge in [0.05, 0.1) is 22.7 Å². The van der Waals surface area contributed by atoms with E-state index >= 15 is 0 Å². The van der Waals surface area contributed by atoms with E-state index in [0.717, 1.165) is 32.8 Å². The molecular weight excluding hydrogens is 378 g/mol. The molecule has 1 N–H and O–H groups in total. The topological polar surface area (TPSA) is 35.6 Å². The Kier molecular flexibility index (Phi) is 3.12. The molecule has 5 rings (SSSR count). The molecule has 2 heterocycles. The summed E-state index contributed by atoms with van der Waals surface area (Å²) in [7, 11) is 0. The van der Waals surface area contributed by atoms with E-state index in [0.29, 0.717) is 0 Å². The molecule has 2 amide bonds. The Morgan fingerprint density at radius 2 is 1.64 bits per heavy atom. The minimum Gasteiger partial charge on any atom is -0.359 e. The van der Waals surface area contributed by atoms with Crippen molar-refractivity contribution in [3.8, 4) is 0 Å². The summed E-state index contributed by atoms with van der Waals surface area (Å²) < 4.78 is 0.948. The van der Waals surface area contributed by atoms with Crippen LogP contribution in [0.3, 0.4) is 0 Å². The van der Waals surface area contributed by atoms with Crippen LogP contribution >= 0.6 is 15.9 Å². The lowest BCUT2D eigenvalue weighted by atomic mass is 10.0. The fourth-order valence-corrected chi connectivity index (χ4v) is 3.92. The minimum atomic E-state index is -0.187. The third-order valence-electron chi connectivity index (χ3n) is 4.65. The predicted octanol–water partition coefficient (Wildman–Crippen LogP) is 5.65. The van der Waals surface area contributed by atoms with Crippen molar-refractivity contribution in [3.05, 3.63) is 82.8 Å². The van der Waals surface area contributed by atoms with Crippen molar-refractivity contribution in [1.82, 2.24) is 0 Å². The smallest absolute Gasteiger partial charge is 0.335 e. The van der Waals surface area contributed by atoms with Crippen molar-refractivity contribution in [1.29, 1.82) is 0 Å². The van der Waals surface area contributed by atoms with Crippen LogP contribution in [0, 0.1) is 0 Å². The highest BCUT2D eigenvalue weighted by Crippen LogP contribution is 2.49. The van der Waals surface area contributed by atoms with E-state index in [2.05, 4.69) is 27.3 Å². The number of amides is 2. The number of urea groups is 1. The Balaban J connectivity index is 1.75. The minimum absolute atomic E-state index is 0.0562. The predicted molar refractivity (Wildman–Crippen MR) is 103 cm³/mol. The number of hydrogen-bond acceptors (Lipinski definition) is 2. The van der Waals surface area contributed by atoms with Gasteiger partial charge in [-0.1, -0.05) is 52.3 Å². The lowest BCUT2D eigenvalue weighted by Crippen LogP contribution is -2.47. The van der Waals surface area contributed by atoms with Gasteiger partial charge in [-0.2, -0.15) is 0 Å². The summed E-state index contributed by atoms with van der Waals surface area (Å²) >= 11 is 3.54. The first-order chi connectivity index (χ1) is 12.2. The zero-order valence-corrected chi connectivity index (χ0v) is 14.8. The first kappa shape index (κ1) is 14.5. The molecular formula is C20H14BrN3O. The Morgan fingerprint density at radius 1 is 0.880 bits per heavy atom. The zero-order chi connectivity index (χ0) is 17.0. The number of carbonyl (C=O) groups excluding carboxylic acids is 1. The number of halogens is 1. The summed E-state index contributed by atoms with van der Waals surface area (Å²) in [6.07, 6.45) is -0.187. The van der Waals surface area contributed by atoms with Crippen LogP contribution in [0.15, 0.2) is 77.3 Å². The molecule has 3 aromatic rings. The van der Waals surface area contributed by atoms with Crippen LogP contribution in [0.1, 0.15) is 11.7 Å². The van der Waals surface area contributed by atoms with E-state index in [1.165, 1.54) is 0 Å². The summed E-state index contributed by atoms with van der Waals surface area (Å²) in [5, 5.41) is 3.48. The third kappa shape index (κ3) is 2.09. The molecule has 0 bridgehead atoms. The van der Waals surface area contributed by atoms with Crippen LogP contribution in [-0.2, 0) is 0 Å². The molecule has 0 aromatic heterocycles. The monoisotopic (exact) mass is 391 g/mol. The molecule has 0 saturated carbocycles.